The highest BCUT2D eigenvalue weighted by atomic mass is 79.9. The molecule has 2 saturated heterocycles. The standard InChI is InChI=1S/C15H18BrN3O/c16-15-6-12(4-3-11(15)7-17)18-8-14-9-19-5-1-2-13(19)10-20-14/h3-4,6,13-14,18H,1-2,5,8-10H2. The molecule has 5 heteroatoms. The minimum atomic E-state index is 0.249. The van der Waals surface area contributed by atoms with Gasteiger partial charge in [0.2, 0.25) is 0 Å². The number of hydrogen-bond acceptors (Lipinski definition) is 4. The van der Waals surface area contributed by atoms with Crippen molar-refractivity contribution in [1.82, 2.24) is 4.90 Å². The maximum Gasteiger partial charge on any atom is 0.100 e. The van der Waals surface area contributed by atoms with Gasteiger partial charge in [0, 0.05) is 29.3 Å². The van der Waals surface area contributed by atoms with E-state index in [1.54, 1.807) is 0 Å². The van der Waals surface area contributed by atoms with E-state index < -0.39 is 0 Å². The van der Waals surface area contributed by atoms with Crippen LogP contribution in [0.2, 0.25) is 0 Å². The Balaban J connectivity index is 1.54. The average molecular weight is 336 g/mol. The Labute approximate surface area is 127 Å². The van der Waals surface area contributed by atoms with Gasteiger partial charge < -0.3 is 10.1 Å². The van der Waals surface area contributed by atoms with Crippen LogP contribution in [-0.4, -0.2) is 43.3 Å². The monoisotopic (exact) mass is 335 g/mol. The van der Waals surface area contributed by atoms with Gasteiger partial charge in [-0.3, -0.25) is 4.90 Å². The Bertz CT molecular complexity index is 528. The first-order valence-corrected chi connectivity index (χ1v) is 7.85. The molecular weight excluding hydrogens is 318 g/mol. The summed E-state index contributed by atoms with van der Waals surface area (Å²) in [6, 6.07) is 8.50. The summed E-state index contributed by atoms with van der Waals surface area (Å²) < 4.78 is 6.75. The van der Waals surface area contributed by atoms with Gasteiger partial charge in [-0.1, -0.05) is 0 Å². The number of nitrogens with zero attached hydrogens (tertiary/aromatic N) is 2. The van der Waals surface area contributed by atoms with Crippen LogP contribution in [0.1, 0.15) is 18.4 Å². The average Bonchev–Trinajstić information content (AvgIpc) is 2.92. The fraction of sp³-hybridized carbons (Fsp3) is 0.533. The van der Waals surface area contributed by atoms with E-state index >= 15 is 0 Å². The van der Waals surface area contributed by atoms with E-state index in [2.05, 4.69) is 32.2 Å². The van der Waals surface area contributed by atoms with Crippen molar-refractivity contribution in [3.8, 4) is 6.07 Å². The number of hydrogen-bond donors (Lipinski definition) is 1. The van der Waals surface area contributed by atoms with Crippen LogP contribution >= 0.6 is 15.9 Å². The predicted octanol–water partition coefficient (Wildman–Crippen LogP) is 2.60. The molecule has 1 N–H and O–H groups in total. The summed E-state index contributed by atoms with van der Waals surface area (Å²) in [5.41, 5.74) is 1.67. The van der Waals surface area contributed by atoms with E-state index in [0.717, 1.165) is 29.9 Å². The number of nitrogens with one attached hydrogen (secondary N) is 1. The van der Waals surface area contributed by atoms with Crippen LogP contribution in [0.15, 0.2) is 22.7 Å². The molecule has 4 nitrogen and oxygen atoms in total. The third-order valence-electron chi connectivity index (χ3n) is 4.08. The first-order valence-electron chi connectivity index (χ1n) is 7.05. The van der Waals surface area contributed by atoms with Crippen molar-refractivity contribution in [3.05, 3.63) is 28.2 Å². The van der Waals surface area contributed by atoms with Crippen LogP contribution in [0.3, 0.4) is 0 Å². The van der Waals surface area contributed by atoms with Gasteiger partial charge in [0.1, 0.15) is 6.07 Å². The van der Waals surface area contributed by atoms with Gasteiger partial charge in [-0.25, -0.2) is 0 Å². The lowest BCUT2D eigenvalue weighted by Gasteiger charge is -2.35. The van der Waals surface area contributed by atoms with Crippen LogP contribution in [0.5, 0.6) is 0 Å². The van der Waals surface area contributed by atoms with E-state index in [-0.39, 0.29) is 6.10 Å². The molecule has 1 aromatic carbocycles. The Kier molecular flexibility index (Phi) is 4.25. The molecule has 0 spiro atoms. The molecule has 0 radical (unpaired) electrons. The van der Waals surface area contributed by atoms with Crippen molar-refractivity contribution in [2.45, 2.75) is 25.0 Å². The normalized spacial score (nSPS) is 26.0. The zero-order chi connectivity index (χ0) is 13.9. The maximum atomic E-state index is 8.90. The van der Waals surface area contributed by atoms with Crippen LogP contribution < -0.4 is 5.32 Å². The van der Waals surface area contributed by atoms with Crippen LogP contribution in [0, 0.1) is 11.3 Å². The molecule has 2 aliphatic rings. The molecule has 2 unspecified atom stereocenters. The topological polar surface area (TPSA) is 48.3 Å². The second-order valence-electron chi connectivity index (χ2n) is 5.43. The Morgan fingerprint density at radius 3 is 3.20 bits per heavy atom. The van der Waals surface area contributed by atoms with Gasteiger partial charge in [0.05, 0.1) is 18.3 Å². The van der Waals surface area contributed by atoms with Crippen LogP contribution in [-0.2, 0) is 4.74 Å². The number of morpholine rings is 1. The first-order chi connectivity index (χ1) is 9.76. The smallest absolute Gasteiger partial charge is 0.100 e. The Hall–Kier alpha value is -1.09. The Morgan fingerprint density at radius 2 is 2.40 bits per heavy atom. The molecule has 0 saturated carbocycles. The molecule has 1 aromatic rings. The van der Waals surface area contributed by atoms with E-state index in [4.69, 9.17) is 10.00 Å². The van der Waals surface area contributed by atoms with E-state index in [0.29, 0.717) is 11.6 Å². The summed E-state index contributed by atoms with van der Waals surface area (Å²) in [6.45, 7) is 3.91. The van der Waals surface area contributed by atoms with Crippen molar-refractivity contribution in [2.75, 3.05) is 31.6 Å². The summed E-state index contributed by atoms with van der Waals surface area (Å²) in [5.74, 6) is 0. The largest absolute Gasteiger partial charge is 0.382 e. The number of nitriles is 1. The van der Waals surface area contributed by atoms with Gasteiger partial charge >= 0.3 is 0 Å². The molecule has 2 heterocycles. The molecule has 0 aromatic heterocycles. The van der Waals surface area contributed by atoms with E-state index in [1.807, 2.05) is 18.2 Å². The van der Waals surface area contributed by atoms with Crippen LogP contribution in [0.25, 0.3) is 0 Å². The molecule has 0 amide bonds. The molecular formula is C15H18BrN3O. The fourth-order valence-corrected chi connectivity index (χ4v) is 3.42. The molecule has 106 valence electrons. The summed E-state index contributed by atoms with van der Waals surface area (Å²) in [6.07, 6.45) is 2.83. The summed E-state index contributed by atoms with van der Waals surface area (Å²) >= 11 is 3.41. The lowest BCUT2D eigenvalue weighted by atomic mass is 10.2. The van der Waals surface area contributed by atoms with Gasteiger partial charge in [0.25, 0.3) is 0 Å². The third kappa shape index (κ3) is 2.98. The lowest BCUT2D eigenvalue weighted by Crippen LogP contribution is -2.48. The molecule has 2 fully saturated rings. The number of anilines is 1. The summed E-state index contributed by atoms with van der Waals surface area (Å²) in [5, 5.41) is 12.3. The number of rotatable bonds is 3. The zero-order valence-corrected chi connectivity index (χ0v) is 12.9. The SMILES string of the molecule is N#Cc1ccc(NCC2CN3CCCC3CO2)cc1Br. The van der Waals surface area contributed by atoms with Gasteiger partial charge in [0.15, 0.2) is 0 Å². The predicted molar refractivity (Wildman–Crippen MR) is 81.7 cm³/mol. The number of halogens is 1. The summed E-state index contributed by atoms with van der Waals surface area (Å²) in [7, 11) is 0. The van der Waals surface area contributed by atoms with Gasteiger partial charge in [-0.2, -0.15) is 5.26 Å². The van der Waals surface area contributed by atoms with Crippen molar-refractivity contribution < 1.29 is 4.74 Å². The Morgan fingerprint density at radius 1 is 1.50 bits per heavy atom. The second kappa shape index (κ2) is 6.13. The van der Waals surface area contributed by atoms with Crippen molar-refractivity contribution in [2.24, 2.45) is 0 Å². The quantitative estimate of drug-likeness (QED) is 0.922. The highest BCUT2D eigenvalue weighted by molar-refractivity contribution is 9.10. The zero-order valence-electron chi connectivity index (χ0n) is 11.3. The van der Waals surface area contributed by atoms with E-state index in [9.17, 15) is 0 Å². The minimum absolute atomic E-state index is 0.249. The van der Waals surface area contributed by atoms with Gasteiger partial charge in [-0.05, 0) is 53.5 Å². The van der Waals surface area contributed by atoms with Gasteiger partial charge in [-0.15, -0.1) is 0 Å². The molecule has 0 bridgehead atoms. The minimum Gasteiger partial charge on any atom is -0.382 e. The van der Waals surface area contributed by atoms with Crippen molar-refractivity contribution in [3.63, 3.8) is 0 Å². The number of ether oxygens (including phenoxy) is 1. The number of fused-ring (bicyclic) bond motifs is 1. The highest BCUT2D eigenvalue weighted by Crippen LogP contribution is 2.24. The lowest BCUT2D eigenvalue weighted by molar-refractivity contribution is -0.0415. The highest BCUT2D eigenvalue weighted by Gasteiger charge is 2.31. The first kappa shape index (κ1) is 13.9. The molecule has 2 atom stereocenters. The number of benzene rings is 1. The molecule has 0 aliphatic carbocycles. The summed E-state index contributed by atoms with van der Waals surface area (Å²) in [4.78, 5) is 2.55. The van der Waals surface area contributed by atoms with Crippen molar-refractivity contribution in [1.29, 1.82) is 5.26 Å². The maximum absolute atomic E-state index is 8.90. The molecule has 3 rings (SSSR count). The van der Waals surface area contributed by atoms with Crippen LogP contribution in [0.4, 0.5) is 5.69 Å². The van der Waals surface area contributed by atoms with Crippen molar-refractivity contribution >= 4 is 21.6 Å². The molecule has 2 aliphatic heterocycles. The van der Waals surface area contributed by atoms with E-state index in [1.165, 1.54) is 19.4 Å². The third-order valence-corrected chi connectivity index (χ3v) is 4.74. The second-order valence-corrected chi connectivity index (χ2v) is 6.29. The molecule has 20 heavy (non-hydrogen) atoms. The fourth-order valence-electron chi connectivity index (χ4n) is 2.96.